The Labute approximate surface area is 103 Å². The van der Waals surface area contributed by atoms with Gasteiger partial charge in [-0.25, -0.2) is 8.42 Å². The van der Waals surface area contributed by atoms with E-state index >= 15 is 0 Å². The molecule has 1 aliphatic rings. The Kier molecular flexibility index (Phi) is 3.27. The molecule has 0 aliphatic heterocycles. The van der Waals surface area contributed by atoms with Crippen molar-refractivity contribution < 1.29 is 21.6 Å². The molecule has 0 atom stereocenters. The summed E-state index contributed by atoms with van der Waals surface area (Å²) in [6, 6.07) is 5.01. The third-order valence-electron chi connectivity index (χ3n) is 2.95. The van der Waals surface area contributed by atoms with Gasteiger partial charge in [0.05, 0.1) is 4.90 Å². The van der Waals surface area contributed by atoms with Crippen LogP contribution in [0.15, 0.2) is 29.2 Å². The van der Waals surface area contributed by atoms with Gasteiger partial charge in [0.25, 0.3) is 9.84 Å². The molecule has 0 saturated heterocycles. The first-order valence-corrected chi connectivity index (χ1v) is 6.97. The predicted molar refractivity (Wildman–Crippen MR) is 60.9 cm³/mol. The number of alkyl halides is 3. The van der Waals surface area contributed by atoms with Crippen molar-refractivity contribution in [1.29, 1.82) is 0 Å². The van der Waals surface area contributed by atoms with Gasteiger partial charge in [-0.15, -0.1) is 0 Å². The standard InChI is InChI=1S/C11H12F3NO2S/c12-11(13,14)18(16,17)10-6-4-9(5-7-10)15-8-2-1-3-8/h4-8,15H,1-3H2. The van der Waals surface area contributed by atoms with E-state index in [1.54, 1.807) is 0 Å². The molecule has 100 valence electrons. The average Bonchev–Trinajstić information content (AvgIpc) is 2.22. The molecule has 7 heteroatoms. The minimum atomic E-state index is -5.25. The molecule has 1 fully saturated rings. The van der Waals surface area contributed by atoms with Gasteiger partial charge in [-0.05, 0) is 43.5 Å². The summed E-state index contributed by atoms with van der Waals surface area (Å²) in [6.07, 6.45) is 3.20. The highest BCUT2D eigenvalue weighted by atomic mass is 32.2. The largest absolute Gasteiger partial charge is 0.501 e. The molecule has 0 bridgehead atoms. The molecule has 1 saturated carbocycles. The van der Waals surface area contributed by atoms with Gasteiger partial charge in [0, 0.05) is 11.7 Å². The first-order valence-electron chi connectivity index (χ1n) is 5.49. The van der Waals surface area contributed by atoms with Crippen LogP contribution in [-0.2, 0) is 9.84 Å². The number of hydrogen-bond acceptors (Lipinski definition) is 3. The zero-order chi connectivity index (χ0) is 13.4. The lowest BCUT2D eigenvalue weighted by Gasteiger charge is -2.27. The maximum Gasteiger partial charge on any atom is 0.501 e. The Bertz CT molecular complexity index is 518. The fourth-order valence-electron chi connectivity index (χ4n) is 1.65. The van der Waals surface area contributed by atoms with E-state index in [-0.39, 0.29) is 0 Å². The Morgan fingerprint density at radius 2 is 1.67 bits per heavy atom. The molecule has 0 spiro atoms. The highest BCUT2D eigenvalue weighted by molar-refractivity contribution is 7.92. The van der Waals surface area contributed by atoms with Gasteiger partial charge in [-0.2, -0.15) is 13.2 Å². The normalized spacial score (nSPS) is 17.3. The Morgan fingerprint density at radius 1 is 1.11 bits per heavy atom. The molecule has 0 aromatic heterocycles. The summed E-state index contributed by atoms with van der Waals surface area (Å²) in [4.78, 5) is -0.728. The number of anilines is 1. The lowest BCUT2D eigenvalue weighted by molar-refractivity contribution is -0.0436. The number of benzene rings is 1. The summed E-state index contributed by atoms with van der Waals surface area (Å²) in [5.41, 5.74) is -4.61. The molecule has 1 aliphatic carbocycles. The minimum Gasteiger partial charge on any atom is -0.382 e. The summed E-state index contributed by atoms with van der Waals surface area (Å²) in [5.74, 6) is 0. The first kappa shape index (κ1) is 13.2. The van der Waals surface area contributed by atoms with Crippen molar-refractivity contribution in [3.8, 4) is 0 Å². The van der Waals surface area contributed by atoms with Crippen molar-refractivity contribution in [1.82, 2.24) is 0 Å². The van der Waals surface area contributed by atoms with Crippen LogP contribution in [0.5, 0.6) is 0 Å². The fourth-order valence-corrected chi connectivity index (χ4v) is 2.41. The van der Waals surface area contributed by atoms with Crippen molar-refractivity contribution in [2.24, 2.45) is 0 Å². The summed E-state index contributed by atoms with van der Waals surface area (Å²) in [7, 11) is -5.24. The molecule has 2 rings (SSSR count). The highest BCUT2D eigenvalue weighted by Gasteiger charge is 2.46. The fraction of sp³-hybridized carbons (Fsp3) is 0.455. The van der Waals surface area contributed by atoms with Crippen LogP contribution in [0, 0.1) is 0 Å². The van der Waals surface area contributed by atoms with Crippen molar-refractivity contribution >= 4 is 15.5 Å². The van der Waals surface area contributed by atoms with E-state index < -0.39 is 20.2 Å². The maximum atomic E-state index is 12.3. The van der Waals surface area contributed by atoms with E-state index in [1.807, 2.05) is 0 Å². The van der Waals surface area contributed by atoms with Crippen molar-refractivity contribution in [2.45, 2.75) is 35.7 Å². The van der Waals surface area contributed by atoms with E-state index in [4.69, 9.17) is 0 Å². The number of halogens is 3. The van der Waals surface area contributed by atoms with Crippen LogP contribution in [0.4, 0.5) is 18.9 Å². The van der Waals surface area contributed by atoms with Gasteiger partial charge in [0.2, 0.25) is 0 Å². The van der Waals surface area contributed by atoms with Crippen LogP contribution in [-0.4, -0.2) is 20.0 Å². The van der Waals surface area contributed by atoms with Crippen LogP contribution >= 0.6 is 0 Å². The van der Waals surface area contributed by atoms with Crippen LogP contribution < -0.4 is 5.32 Å². The van der Waals surface area contributed by atoms with E-state index in [1.165, 1.54) is 12.1 Å². The molecular weight excluding hydrogens is 267 g/mol. The van der Waals surface area contributed by atoms with Crippen molar-refractivity contribution in [2.75, 3.05) is 5.32 Å². The van der Waals surface area contributed by atoms with Crippen LogP contribution in [0.2, 0.25) is 0 Å². The molecular formula is C11H12F3NO2S. The summed E-state index contributed by atoms with van der Waals surface area (Å²) >= 11 is 0. The monoisotopic (exact) mass is 279 g/mol. The minimum absolute atomic E-state index is 0.343. The lowest BCUT2D eigenvalue weighted by Crippen LogP contribution is -2.27. The van der Waals surface area contributed by atoms with Crippen LogP contribution in [0.3, 0.4) is 0 Å². The molecule has 3 nitrogen and oxygen atoms in total. The molecule has 18 heavy (non-hydrogen) atoms. The lowest BCUT2D eigenvalue weighted by atomic mass is 9.93. The topological polar surface area (TPSA) is 46.2 Å². The number of nitrogens with one attached hydrogen (secondary N) is 1. The van der Waals surface area contributed by atoms with Gasteiger partial charge in [0.1, 0.15) is 0 Å². The molecule has 0 unspecified atom stereocenters. The zero-order valence-electron chi connectivity index (χ0n) is 9.37. The van der Waals surface area contributed by atoms with Gasteiger partial charge < -0.3 is 5.32 Å². The van der Waals surface area contributed by atoms with E-state index in [2.05, 4.69) is 5.32 Å². The number of sulfone groups is 1. The third kappa shape index (κ3) is 2.45. The molecule has 0 amide bonds. The molecule has 1 aromatic carbocycles. The van der Waals surface area contributed by atoms with Crippen LogP contribution in [0.25, 0.3) is 0 Å². The Hall–Kier alpha value is -1.24. The maximum absolute atomic E-state index is 12.3. The van der Waals surface area contributed by atoms with Crippen molar-refractivity contribution in [3.63, 3.8) is 0 Å². The van der Waals surface area contributed by atoms with Crippen LogP contribution in [0.1, 0.15) is 19.3 Å². The second-order valence-electron chi connectivity index (χ2n) is 4.25. The Morgan fingerprint density at radius 3 is 2.06 bits per heavy atom. The van der Waals surface area contributed by atoms with E-state index in [0.29, 0.717) is 11.7 Å². The molecule has 0 radical (unpaired) electrons. The number of hydrogen-bond donors (Lipinski definition) is 1. The quantitative estimate of drug-likeness (QED) is 0.925. The predicted octanol–water partition coefficient (Wildman–Crippen LogP) is 2.94. The van der Waals surface area contributed by atoms with E-state index in [9.17, 15) is 21.6 Å². The first-order chi connectivity index (χ1) is 8.30. The van der Waals surface area contributed by atoms with Gasteiger partial charge in [-0.1, -0.05) is 0 Å². The zero-order valence-corrected chi connectivity index (χ0v) is 10.2. The Balaban J connectivity index is 2.17. The summed E-state index contributed by atoms with van der Waals surface area (Å²) < 4.78 is 59.1. The van der Waals surface area contributed by atoms with Gasteiger partial charge >= 0.3 is 5.51 Å². The number of rotatable bonds is 3. The highest BCUT2D eigenvalue weighted by Crippen LogP contribution is 2.31. The van der Waals surface area contributed by atoms with Gasteiger partial charge in [-0.3, -0.25) is 0 Å². The smallest absolute Gasteiger partial charge is 0.382 e. The molecule has 1 N–H and O–H groups in total. The average molecular weight is 279 g/mol. The molecule has 0 heterocycles. The second-order valence-corrected chi connectivity index (χ2v) is 6.19. The second kappa shape index (κ2) is 4.46. The summed E-state index contributed by atoms with van der Waals surface area (Å²) in [5, 5.41) is 3.12. The molecule has 1 aromatic rings. The van der Waals surface area contributed by atoms with Crippen molar-refractivity contribution in [3.05, 3.63) is 24.3 Å². The van der Waals surface area contributed by atoms with Gasteiger partial charge in [0.15, 0.2) is 0 Å². The SMILES string of the molecule is O=S(=O)(c1ccc(NC2CCC2)cc1)C(F)(F)F. The van der Waals surface area contributed by atoms with E-state index in [0.717, 1.165) is 31.4 Å². The summed E-state index contributed by atoms with van der Waals surface area (Å²) in [6.45, 7) is 0. The third-order valence-corrected chi connectivity index (χ3v) is 4.45.